The summed E-state index contributed by atoms with van der Waals surface area (Å²) >= 11 is 0. The average molecular weight is 272 g/mol. The fourth-order valence-corrected chi connectivity index (χ4v) is 3.02. The van der Waals surface area contributed by atoms with Gasteiger partial charge in [-0.1, -0.05) is 19.3 Å². The second kappa shape index (κ2) is 5.61. The Bertz CT molecular complexity index is 601. The van der Waals surface area contributed by atoms with E-state index in [1.165, 1.54) is 32.1 Å². The van der Waals surface area contributed by atoms with Crippen molar-refractivity contribution >= 4 is 11.6 Å². The van der Waals surface area contributed by atoms with Gasteiger partial charge in [0, 0.05) is 26.0 Å². The number of carbonyl (C=O) groups excluding carboxylic acids is 1. The third-order valence-electron chi connectivity index (χ3n) is 4.11. The van der Waals surface area contributed by atoms with Crippen molar-refractivity contribution in [2.24, 2.45) is 5.92 Å². The first-order chi connectivity index (χ1) is 9.75. The van der Waals surface area contributed by atoms with Crippen LogP contribution in [0.2, 0.25) is 0 Å². The number of amides is 1. The van der Waals surface area contributed by atoms with Crippen molar-refractivity contribution < 1.29 is 4.79 Å². The molecule has 0 saturated heterocycles. The van der Waals surface area contributed by atoms with Crippen LogP contribution in [0.5, 0.6) is 0 Å². The molecule has 106 valence electrons. The molecular weight excluding hydrogens is 252 g/mol. The standard InChI is InChI=1S/C15H20N4O/c1-18(11-12-6-3-2-4-7-12)15(20)13-10-17-19-9-5-8-16-14(13)19/h5,8-10,12H,2-4,6-7,11H2,1H3. The van der Waals surface area contributed by atoms with Crippen LogP contribution in [-0.2, 0) is 0 Å². The summed E-state index contributed by atoms with van der Waals surface area (Å²) in [6.45, 7) is 0.836. The molecule has 5 heteroatoms. The number of fused-ring (bicyclic) bond motifs is 1. The van der Waals surface area contributed by atoms with Gasteiger partial charge in [0.15, 0.2) is 5.65 Å². The minimum Gasteiger partial charge on any atom is -0.341 e. The van der Waals surface area contributed by atoms with Crippen LogP contribution >= 0.6 is 0 Å². The second-order valence-corrected chi connectivity index (χ2v) is 5.64. The maximum Gasteiger partial charge on any atom is 0.259 e. The molecule has 0 radical (unpaired) electrons. The number of hydrogen-bond donors (Lipinski definition) is 0. The van der Waals surface area contributed by atoms with Gasteiger partial charge in [-0.3, -0.25) is 4.79 Å². The summed E-state index contributed by atoms with van der Waals surface area (Å²) in [6.07, 6.45) is 11.5. The Morgan fingerprint density at radius 1 is 1.40 bits per heavy atom. The molecule has 0 N–H and O–H groups in total. The number of aromatic nitrogens is 3. The average Bonchev–Trinajstić information content (AvgIpc) is 2.91. The molecule has 5 nitrogen and oxygen atoms in total. The van der Waals surface area contributed by atoms with E-state index in [0.717, 1.165) is 6.54 Å². The number of nitrogens with zero attached hydrogens (tertiary/aromatic N) is 4. The van der Waals surface area contributed by atoms with E-state index in [1.807, 2.05) is 11.9 Å². The second-order valence-electron chi connectivity index (χ2n) is 5.64. The molecule has 2 aromatic rings. The molecule has 0 bridgehead atoms. The highest BCUT2D eigenvalue weighted by molar-refractivity contribution is 5.99. The molecular formula is C15H20N4O. The lowest BCUT2D eigenvalue weighted by molar-refractivity contribution is 0.0762. The van der Waals surface area contributed by atoms with Crippen LogP contribution in [0.25, 0.3) is 5.65 Å². The lowest BCUT2D eigenvalue weighted by Gasteiger charge is -2.26. The molecule has 0 aromatic carbocycles. The highest BCUT2D eigenvalue weighted by Crippen LogP contribution is 2.24. The lowest BCUT2D eigenvalue weighted by atomic mass is 9.89. The van der Waals surface area contributed by atoms with Gasteiger partial charge in [0.25, 0.3) is 5.91 Å². The quantitative estimate of drug-likeness (QED) is 0.862. The molecule has 0 spiro atoms. The number of carbonyl (C=O) groups is 1. The van der Waals surface area contributed by atoms with E-state index in [9.17, 15) is 4.79 Å². The van der Waals surface area contributed by atoms with Gasteiger partial charge in [-0.25, -0.2) is 9.50 Å². The zero-order chi connectivity index (χ0) is 13.9. The Labute approximate surface area is 118 Å². The Hall–Kier alpha value is -1.91. The van der Waals surface area contributed by atoms with E-state index < -0.39 is 0 Å². The van der Waals surface area contributed by atoms with Gasteiger partial charge in [-0.05, 0) is 24.8 Å². The van der Waals surface area contributed by atoms with Gasteiger partial charge in [0.2, 0.25) is 0 Å². The zero-order valence-corrected chi connectivity index (χ0v) is 11.8. The van der Waals surface area contributed by atoms with Crippen molar-refractivity contribution in [2.45, 2.75) is 32.1 Å². The van der Waals surface area contributed by atoms with E-state index in [4.69, 9.17) is 0 Å². The number of rotatable bonds is 3. The van der Waals surface area contributed by atoms with Gasteiger partial charge in [-0.2, -0.15) is 5.10 Å². The normalized spacial score (nSPS) is 16.4. The molecule has 1 fully saturated rings. The van der Waals surface area contributed by atoms with Crippen molar-refractivity contribution in [2.75, 3.05) is 13.6 Å². The van der Waals surface area contributed by atoms with Crippen LogP contribution in [0.3, 0.4) is 0 Å². The van der Waals surface area contributed by atoms with E-state index in [-0.39, 0.29) is 5.91 Å². The van der Waals surface area contributed by atoms with Crippen LogP contribution in [0.15, 0.2) is 24.7 Å². The monoisotopic (exact) mass is 272 g/mol. The molecule has 0 unspecified atom stereocenters. The van der Waals surface area contributed by atoms with Crippen molar-refractivity contribution in [1.82, 2.24) is 19.5 Å². The van der Waals surface area contributed by atoms with Gasteiger partial charge in [0.05, 0.1) is 6.20 Å². The molecule has 0 atom stereocenters. The summed E-state index contributed by atoms with van der Waals surface area (Å²) in [6, 6.07) is 1.81. The topological polar surface area (TPSA) is 50.5 Å². The maximum atomic E-state index is 12.5. The fraction of sp³-hybridized carbons (Fsp3) is 0.533. The van der Waals surface area contributed by atoms with Crippen LogP contribution in [0.1, 0.15) is 42.5 Å². The molecule has 1 saturated carbocycles. The Morgan fingerprint density at radius 3 is 3.00 bits per heavy atom. The predicted molar refractivity (Wildman–Crippen MR) is 76.5 cm³/mol. The first kappa shape index (κ1) is 13.1. The summed E-state index contributed by atoms with van der Waals surface area (Å²) < 4.78 is 1.64. The van der Waals surface area contributed by atoms with Crippen molar-refractivity contribution in [3.8, 4) is 0 Å². The predicted octanol–water partition coefficient (Wildman–Crippen LogP) is 2.38. The van der Waals surface area contributed by atoms with Gasteiger partial charge >= 0.3 is 0 Å². The smallest absolute Gasteiger partial charge is 0.259 e. The third kappa shape index (κ3) is 2.53. The molecule has 1 amide bonds. The summed E-state index contributed by atoms with van der Waals surface area (Å²) in [4.78, 5) is 18.6. The van der Waals surface area contributed by atoms with E-state index in [2.05, 4.69) is 10.1 Å². The van der Waals surface area contributed by atoms with Gasteiger partial charge in [-0.15, -0.1) is 0 Å². The summed E-state index contributed by atoms with van der Waals surface area (Å²) in [5, 5.41) is 4.18. The first-order valence-corrected chi connectivity index (χ1v) is 7.29. The zero-order valence-electron chi connectivity index (χ0n) is 11.8. The molecule has 1 aliphatic rings. The molecule has 0 aliphatic heterocycles. The van der Waals surface area contributed by atoms with Crippen LogP contribution in [-0.4, -0.2) is 39.0 Å². The van der Waals surface area contributed by atoms with Crippen molar-refractivity contribution in [3.05, 3.63) is 30.2 Å². The molecule has 20 heavy (non-hydrogen) atoms. The van der Waals surface area contributed by atoms with E-state index in [0.29, 0.717) is 17.1 Å². The van der Waals surface area contributed by atoms with Crippen LogP contribution < -0.4 is 0 Å². The fourth-order valence-electron chi connectivity index (χ4n) is 3.02. The van der Waals surface area contributed by atoms with E-state index in [1.54, 1.807) is 29.2 Å². The van der Waals surface area contributed by atoms with Gasteiger partial charge in [0.1, 0.15) is 5.56 Å². The van der Waals surface area contributed by atoms with Gasteiger partial charge < -0.3 is 4.90 Å². The van der Waals surface area contributed by atoms with E-state index >= 15 is 0 Å². The minimum atomic E-state index is 0.0178. The highest BCUT2D eigenvalue weighted by atomic mass is 16.2. The SMILES string of the molecule is CN(CC1CCCCC1)C(=O)c1cnn2cccnc12. The molecule has 1 aliphatic carbocycles. The Kier molecular flexibility index (Phi) is 3.67. The Balaban J connectivity index is 1.74. The van der Waals surface area contributed by atoms with Crippen molar-refractivity contribution in [1.29, 1.82) is 0 Å². The third-order valence-corrected chi connectivity index (χ3v) is 4.11. The molecule has 3 rings (SSSR count). The summed E-state index contributed by atoms with van der Waals surface area (Å²) in [7, 11) is 1.88. The van der Waals surface area contributed by atoms with Crippen LogP contribution in [0, 0.1) is 5.92 Å². The Morgan fingerprint density at radius 2 is 2.20 bits per heavy atom. The summed E-state index contributed by atoms with van der Waals surface area (Å²) in [5.74, 6) is 0.664. The molecule has 2 heterocycles. The molecule has 2 aromatic heterocycles. The first-order valence-electron chi connectivity index (χ1n) is 7.29. The lowest BCUT2D eigenvalue weighted by Crippen LogP contribution is -2.32. The van der Waals surface area contributed by atoms with Crippen LogP contribution in [0.4, 0.5) is 0 Å². The van der Waals surface area contributed by atoms with Crippen molar-refractivity contribution in [3.63, 3.8) is 0 Å². The highest BCUT2D eigenvalue weighted by Gasteiger charge is 2.21. The maximum absolute atomic E-state index is 12.5. The largest absolute Gasteiger partial charge is 0.341 e. The minimum absolute atomic E-state index is 0.0178. The summed E-state index contributed by atoms with van der Waals surface area (Å²) in [5.41, 5.74) is 1.22. The number of hydrogen-bond acceptors (Lipinski definition) is 3.